The molecule has 104 valence electrons. The van der Waals surface area contributed by atoms with E-state index in [2.05, 4.69) is 30.8 Å². The molecule has 0 bridgehead atoms. The quantitative estimate of drug-likeness (QED) is 0.856. The Balaban J connectivity index is 1.48. The Bertz CT molecular complexity index is 398. The van der Waals surface area contributed by atoms with E-state index in [1.807, 2.05) is 0 Å². The summed E-state index contributed by atoms with van der Waals surface area (Å²) in [6, 6.07) is 1.34. The van der Waals surface area contributed by atoms with Crippen molar-refractivity contribution in [3.8, 4) is 6.01 Å². The van der Waals surface area contributed by atoms with Crippen molar-refractivity contribution in [2.24, 2.45) is 0 Å². The molecule has 2 heterocycles. The van der Waals surface area contributed by atoms with Crippen molar-refractivity contribution in [2.75, 3.05) is 13.1 Å². The SMILES string of the molecule is Brc1cnc(OC2CCN(C3CCCC3)CC2)nc1. The van der Waals surface area contributed by atoms with Crippen LogP contribution in [0.1, 0.15) is 38.5 Å². The number of rotatable bonds is 3. The van der Waals surface area contributed by atoms with Crippen LogP contribution in [0.15, 0.2) is 16.9 Å². The highest BCUT2D eigenvalue weighted by atomic mass is 79.9. The number of halogens is 1. The molecule has 1 aromatic heterocycles. The fraction of sp³-hybridized carbons (Fsp3) is 0.714. The van der Waals surface area contributed by atoms with E-state index >= 15 is 0 Å². The standard InChI is InChI=1S/C14H20BrN3O/c15-11-9-16-14(17-10-11)19-13-5-7-18(8-6-13)12-3-1-2-4-12/h9-10,12-13H,1-8H2. The van der Waals surface area contributed by atoms with Crippen LogP contribution in [-0.4, -0.2) is 40.1 Å². The predicted octanol–water partition coefficient (Wildman–Crippen LogP) is 3.02. The second kappa shape index (κ2) is 6.18. The Morgan fingerprint density at radius 2 is 1.68 bits per heavy atom. The third kappa shape index (κ3) is 3.45. The van der Waals surface area contributed by atoms with Gasteiger partial charge >= 0.3 is 6.01 Å². The van der Waals surface area contributed by atoms with Gasteiger partial charge in [-0.25, -0.2) is 9.97 Å². The number of nitrogens with zero attached hydrogens (tertiary/aromatic N) is 3. The average molecular weight is 326 g/mol. The lowest BCUT2D eigenvalue weighted by Gasteiger charge is -2.35. The maximum atomic E-state index is 5.85. The Hall–Kier alpha value is -0.680. The summed E-state index contributed by atoms with van der Waals surface area (Å²) in [6.07, 6.45) is 11.5. The maximum Gasteiger partial charge on any atom is 0.316 e. The monoisotopic (exact) mass is 325 g/mol. The summed E-state index contributed by atoms with van der Waals surface area (Å²) in [5.74, 6) is 0. The van der Waals surface area contributed by atoms with Gasteiger partial charge in [0.15, 0.2) is 0 Å². The van der Waals surface area contributed by atoms with Crippen LogP contribution in [0, 0.1) is 0 Å². The lowest BCUT2D eigenvalue weighted by molar-refractivity contribution is 0.0709. The van der Waals surface area contributed by atoms with E-state index in [0.29, 0.717) is 6.01 Å². The summed E-state index contributed by atoms with van der Waals surface area (Å²) in [5.41, 5.74) is 0. The molecular formula is C14H20BrN3O. The molecule has 1 aliphatic heterocycles. The van der Waals surface area contributed by atoms with Crippen LogP contribution in [0.4, 0.5) is 0 Å². The molecule has 0 spiro atoms. The minimum Gasteiger partial charge on any atom is -0.460 e. The molecule has 1 aliphatic carbocycles. The first-order valence-electron chi connectivity index (χ1n) is 7.19. The first-order valence-corrected chi connectivity index (χ1v) is 7.99. The van der Waals surface area contributed by atoms with Crippen LogP contribution in [0.5, 0.6) is 6.01 Å². The topological polar surface area (TPSA) is 38.2 Å². The lowest BCUT2D eigenvalue weighted by atomic mass is 10.0. The molecule has 3 rings (SSSR count). The van der Waals surface area contributed by atoms with Crippen molar-refractivity contribution in [1.82, 2.24) is 14.9 Å². The predicted molar refractivity (Wildman–Crippen MR) is 77.2 cm³/mol. The molecule has 2 aliphatic rings. The second-order valence-electron chi connectivity index (χ2n) is 5.48. The molecule has 19 heavy (non-hydrogen) atoms. The fourth-order valence-corrected chi connectivity index (χ4v) is 3.34. The van der Waals surface area contributed by atoms with Crippen molar-refractivity contribution in [3.63, 3.8) is 0 Å². The summed E-state index contributed by atoms with van der Waals surface area (Å²) in [6.45, 7) is 2.32. The van der Waals surface area contributed by atoms with Crippen molar-refractivity contribution in [2.45, 2.75) is 50.7 Å². The zero-order valence-electron chi connectivity index (χ0n) is 11.1. The van der Waals surface area contributed by atoms with Gasteiger partial charge in [0.25, 0.3) is 0 Å². The largest absolute Gasteiger partial charge is 0.460 e. The number of piperidine rings is 1. The zero-order chi connectivity index (χ0) is 13.1. The van der Waals surface area contributed by atoms with E-state index in [0.717, 1.165) is 36.4 Å². The molecule has 0 atom stereocenters. The first-order chi connectivity index (χ1) is 9.31. The van der Waals surface area contributed by atoms with Crippen LogP contribution < -0.4 is 4.74 Å². The van der Waals surface area contributed by atoms with Crippen molar-refractivity contribution in [1.29, 1.82) is 0 Å². The second-order valence-corrected chi connectivity index (χ2v) is 6.39. The van der Waals surface area contributed by atoms with E-state index in [4.69, 9.17) is 4.74 Å². The lowest BCUT2D eigenvalue weighted by Crippen LogP contribution is -2.43. The molecule has 4 nitrogen and oxygen atoms in total. The van der Waals surface area contributed by atoms with Gasteiger partial charge in [0, 0.05) is 31.5 Å². The Kier molecular flexibility index (Phi) is 4.33. The molecular weight excluding hydrogens is 306 g/mol. The van der Waals surface area contributed by atoms with Gasteiger partial charge in [0.05, 0.1) is 4.47 Å². The van der Waals surface area contributed by atoms with Crippen LogP contribution in [0.25, 0.3) is 0 Å². The van der Waals surface area contributed by atoms with E-state index in [9.17, 15) is 0 Å². The van der Waals surface area contributed by atoms with Gasteiger partial charge < -0.3 is 9.64 Å². The summed E-state index contributed by atoms with van der Waals surface area (Å²) < 4.78 is 6.74. The van der Waals surface area contributed by atoms with Crippen molar-refractivity contribution >= 4 is 15.9 Å². The molecule has 0 unspecified atom stereocenters. The fourth-order valence-electron chi connectivity index (χ4n) is 3.14. The zero-order valence-corrected chi connectivity index (χ0v) is 12.7. The van der Waals surface area contributed by atoms with Gasteiger partial charge in [0.2, 0.25) is 0 Å². The van der Waals surface area contributed by atoms with Crippen LogP contribution in [-0.2, 0) is 0 Å². The number of ether oxygens (including phenoxy) is 1. The van der Waals surface area contributed by atoms with Gasteiger partial charge in [-0.05, 0) is 41.6 Å². The number of hydrogen-bond acceptors (Lipinski definition) is 4. The Morgan fingerprint density at radius 3 is 2.32 bits per heavy atom. The van der Waals surface area contributed by atoms with E-state index in [1.54, 1.807) is 12.4 Å². The van der Waals surface area contributed by atoms with E-state index in [-0.39, 0.29) is 6.10 Å². The molecule has 0 N–H and O–H groups in total. The van der Waals surface area contributed by atoms with Crippen LogP contribution in [0.3, 0.4) is 0 Å². The summed E-state index contributed by atoms with van der Waals surface area (Å²) >= 11 is 3.33. The highest BCUT2D eigenvalue weighted by molar-refractivity contribution is 9.10. The highest BCUT2D eigenvalue weighted by Gasteiger charge is 2.28. The van der Waals surface area contributed by atoms with Crippen LogP contribution in [0.2, 0.25) is 0 Å². The van der Waals surface area contributed by atoms with Crippen molar-refractivity contribution in [3.05, 3.63) is 16.9 Å². The van der Waals surface area contributed by atoms with Gasteiger partial charge in [-0.1, -0.05) is 12.8 Å². The molecule has 2 fully saturated rings. The van der Waals surface area contributed by atoms with E-state index in [1.165, 1.54) is 25.7 Å². The van der Waals surface area contributed by atoms with Gasteiger partial charge in [-0.15, -0.1) is 0 Å². The van der Waals surface area contributed by atoms with Gasteiger partial charge in [0.1, 0.15) is 6.10 Å². The van der Waals surface area contributed by atoms with Gasteiger partial charge in [-0.3, -0.25) is 0 Å². The third-order valence-corrected chi connectivity index (χ3v) is 4.60. The van der Waals surface area contributed by atoms with Gasteiger partial charge in [-0.2, -0.15) is 0 Å². The maximum absolute atomic E-state index is 5.85. The summed E-state index contributed by atoms with van der Waals surface area (Å²) in [5, 5.41) is 0. The third-order valence-electron chi connectivity index (χ3n) is 4.19. The molecule has 5 heteroatoms. The molecule has 1 saturated heterocycles. The molecule has 1 saturated carbocycles. The molecule has 1 aromatic rings. The smallest absolute Gasteiger partial charge is 0.316 e. The highest BCUT2D eigenvalue weighted by Crippen LogP contribution is 2.27. The van der Waals surface area contributed by atoms with Crippen LogP contribution >= 0.6 is 15.9 Å². The Morgan fingerprint density at radius 1 is 1.05 bits per heavy atom. The number of hydrogen-bond donors (Lipinski definition) is 0. The summed E-state index contributed by atoms with van der Waals surface area (Å²) in [7, 11) is 0. The number of aromatic nitrogens is 2. The molecule has 0 amide bonds. The molecule has 0 radical (unpaired) electrons. The Labute approximate surface area is 122 Å². The summed E-state index contributed by atoms with van der Waals surface area (Å²) in [4.78, 5) is 11.0. The van der Waals surface area contributed by atoms with E-state index < -0.39 is 0 Å². The molecule has 0 aromatic carbocycles. The normalized spacial score (nSPS) is 22.8. The average Bonchev–Trinajstić information content (AvgIpc) is 2.96. The number of likely N-dealkylation sites (tertiary alicyclic amines) is 1. The first kappa shape index (κ1) is 13.3. The van der Waals surface area contributed by atoms with Crippen molar-refractivity contribution < 1.29 is 4.74 Å². The minimum atomic E-state index is 0.277. The minimum absolute atomic E-state index is 0.277.